The fourth-order valence-electron chi connectivity index (χ4n) is 2.11. The Balaban J connectivity index is 1.76. The first-order valence-corrected chi connectivity index (χ1v) is 6.42. The highest BCUT2D eigenvalue weighted by Crippen LogP contribution is 2.13. The van der Waals surface area contributed by atoms with Crippen molar-refractivity contribution >= 4 is 5.91 Å². The average molecular weight is 281 g/mol. The number of aliphatic hydroxyl groups is 2. The molecule has 0 radical (unpaired) electrons. The van der Waals surface area contributed by atoms with Crippen molar-refractivity contribution < 1.29 is 19.7 Å². The van der Waals surface area contributed by atoms with Crippen LogP contribution in [0.2, 0.25) is 0 Å². The molecule has 5 N–H and O–H groups in total. The van der Waals surface area contributed by atoms with Gasteiger partial charge in [0.15, 0.2) is 0 Å². The molecule has 7 nitrogen and oxygen atoms in total. The Labute approximate surface area is 116 Å². The molecule has 2 rings (SSSR count). The number of carbonyl (C=O) groups excluding carboxylic acids is 1. The fraction of sp³-hybridized carbons (Fsp3) is 0.462. The molecule has 0 aliphatic carbocycles. The minimum absolute atomic E-state index is 0.350. The van der Waals surface area contributed by atoms with Gasteiger partial charge < -0.3 is 14.9 Å². The lowest BCUT2D eigenvalue weighted by atomic mass is 10.2. The van der Waals surface area contributed by atoms with Crippen LogP contribution in [0.25, 0.3) is 0 Å². The molecule has 0 spiro atoms. The van der Waals surface area contributed by atoms with E-state index in [1.807, 2.05) is 4.90 Å². The van der Waals surface area contributed by atoms with E-state index in [4.69, 9.17) is 10.6 Å². The van der Waals surface area contributed by atoms with Crippen LogP contribution in [-0.2, 0) is 0 Å². The first kappa shape index (κ1) is 14.7. The summed E-state index contributed by atoms with van der Waals surface area (Å²) in [4.78, 5) is 13.2. The van der Waals surface area contributed by atoms with E-state index in [9.17, 15) is 15.0 Å². The number of amides is 1. The van der Waals surface area contributed by atoms with E-state index in [2.05, 4.69) is 5.43 Å². The summed E-state index contributed by atoms with van der Waals surface area (Å²) in [5.74, 6) is 5.34. The van der Waals surface area contributed by atoms with Crippen molar-refractivity contribution in [2.45, 2.75) is 12.2 Å². The van der Waals surface area contributed by atoms with Gasteiger partial charge in [-0.1, -0.05) is 0 Å². The molecule has 1 aromatic carbocycles. The standard InChI is InChI=1S/C13H19N3O4/c14-15-13(19)9-1-3-10(4-2-9)20-6-5-16-7-11(17)12(18)8-16/h1-4,11-12,17-18H,5-8,14H2,(H,15,19). The molecule has 20 heavy (non-hydrogen) atoms. The summed E-state index contributed by atoms with van der Waals surface area (Å²) in [5, 5.41) is 18.8. The number of rotatable bonds is 5. The number of β-amino-alcohol motifs (C(OH)–C–C–N with tert-alkyl or cyclic N) is 2. The Morgan fingerprint density at radius 2 is 1.90 bits per heavy atom. The summed E-state index contributed by atoms with van der Waals surface area (Å²) in [7, 11) is 0. The average Bonchev–Trinajstić information content (AvgIpc) is 2.77. The molecular weight excluding hydrogens is 262 g/mol. The third-order valence-electron chi connectivity index (χ3n) is 3.26. The van der Waals surface area contributed by atoms with Crippen molar-refractivity contribution in [1.29, 1.82) is 0 Å². The van der Waals surface area contributed by atoms with Crippen molar-refractivity contribution in [3.63, 3.8) is 0 Å². The number of benzene rings is 1. The lowest BCUT2D eigenvalue weighted by Gasteiger charge is -2.15. The molecule has 2 unspecified atom stereocenters. The fourth-order valence-corrected chi connectivity index (χ4v) is 2.11. The van der Waals surface area contributed by atoms with Crippen molar-refractivity contribution in [1.82, 2.24) is 10.3 Å². The molecule has 1 heterocycles. The predicted octanol–water partition coefficient (Wildman–Crippen LogP) is -1.29. The maximum atomic E-state index is 11.2. The maximum absolute atomic E-state index is 11.2. The molecule has 1 fully saturated rings. The van der Waals surface area contributed by atoms with Gasteiger partial charge in [-0.05, 0) is 24.3 Å². The van der Waals surface area contributed by atoms with E-state index >= 15 is 0 Å². The van der Waals surface area contributed by atoms with E-state index in [1.165, 1.54) is 0 Å². The Morgan fingerprint density at radius 3 is 2.45 bits per heavy atom. The number of nitrogens with two attached hydrogens (primary N) is 1. The number of ether oxygens (including phenoxy) is 1. The second kappa shape index (κ2) is 6.67. The monoisotopic (exact) mass is 281 g/mol. The van der Waals surface area contributed by atoms with E-state index in [0.717, 1.165) is 0 Å². The summed E-state index contributed by atoms with van der Waals surface area (Å²) in [5.41, 5.74) is 2.52. The highest BCUT2D eigenvalue weighted by Gasteiger charge is 2.28. The predicted molar refractivity (Wildman–Crippen MR) is 72.0 cm³/mol. The van der Waals surface area contributed by atoms with Crippen LogP contribution in [0.3, 0.4) is 0 Å². The van der Waals surface area contributed by atoms with Crippen LogP contribution in [0.4, 0.5) is 0 Å². The van der Waals surface area contributed by atoms with Crippen LogP contribution in [-0.4, -0.2) is 59.5 Å². The quantitative estimate of drug-likeness (QED) is 0.304. The van der Waals surface area contributed by atoms with E-state index in [0.29, 0.717) is 37.6 Å². The van der Waals surface area contributed by atoms with E-state index in [-0.39, 0.29) is 5.91 Å². The van der Waals surface area contributed by atoms with Gasteiger partial charge in [-0.25, -0.2) is 5.84 Å². The van der Waals surface area contributed by atoms with Gasteiger partial charge in [0.05, 0.1) is 12.2 Å². The molecule has 7 heteroatoms. The van der Waals surface area contributed by atoms with Gasteiger partial charge in [-0.15, -0.1) is 0 Å². The van der Waals surface area contributed by atoms with Crippen molar-refractivity contribution in [2.24, 2.45) is 5.84 Å². The summed E-state index contributed by atoms with van der Waals surface area (Å²) >= 11 is 0. The summed E-state index contributed by atoms with van der Waals surface area (Å²) < 4.78 is 5.54. The van der Waals surface area contributed by atoms with Gasteiger partial charge in [0, 0.05) is 25.2 Å². The minimum Gasteiger partial charge on any atom is -0.492 e. The molecule has 110 valence electrons. The Morgan fingerprint density at radius 1 is 1.30 bits per heavy atom. The third kappa shape index (κ3) is 3.67. The highest BCUT2D eigenvalue weighted by atomic mass is 16.5. The first-order chi connectivity index (χ1) is 9.60. The molecule has 1 aromatic rings. The number of aliphatic hydroxyl groups excluding tert-OH is 2. The number of hydrazine groups is 1. The lowest BCUT2D eigenvalue weighted by Crippen LogP contribution is -2.29. The molecule has 1 aliphatic rings. The molecule has 1 saturated heterocycles. The highest BCUT2D eigenvalue weighted by molar-refractivity contribution is 5.93. The molecule has 2 atom stereocenters. The SMILES string of the molecule is NNC(=O)c1ccc(OCCN2CC(O)C(O)C2)cc1. The Kier molecular flexibility index (Phi) is 4.91. The molecule has 0 aromatic heterocycles. The number of hydrogen-bond acceptors (Lipinski definition) is 6. The smallest absolute Gasteiger partial charge is 0.265 e. The zero-order valence-corrected chi connectivity index (χ0v) is 11.0. The molecular formula is C13H19N3O4. The van der Waals surface area contributed by atoms with Gasteiger partial charge in [-0.2, -0.15) is 0 Å². The van der Waals surface area contributed by atoms with Crippen molar-refractivity contribution in [3.8, 4) is 5.75 Å². The van der Waals surface area contributed by atoms with Crippen LogP contribution >= 0.6 is 0 Å². The molecule has 0 bridgehead atoms. The van der Waals surface area contributed by atoms with Crippen LogP contribution in [0.1, 0.15) is 10.4 Å². The van der Waals surface area contributed by atoms with Crippen molar-refractivity contribution in [3.05, 3.63) is 29.8 Å². The van der Waals surface area contributed by atoms with Gasteiger partial charge in [0.2, 0.25) is 0 Å². The summed E-state index contributed by atoms with van der Waals surface area (Å²) in [6, 6.07) is 6.64. The number of nitrogens with zero attached hydrogens (tertiary/aromatic N) is 1. The van der Waals surface area contributed by atoms with Gasteiger partial charge in [-0.3, -0.25) is 15.1 Å². The van der Waals surface area contributed by atoms with Gasteiger partial charge in [0.1, 0.15) is 12.4 Å². The van der Waals surface area contributed by atoms with E-state index < -0.39 is 12.2 Å². The lowest BCUT2D eigenvalue weighted by molar-refractivity contribution is 0.0572. The van der Waals surface area contributed by atoms with Crippen LogP contribution in [0.15, 0.2) is 24.3 Å². The van der Waals surface area contributed by atoms with Gasteiger partial charge in [0.25, 0.3) is 5.91 Å². The number of likely N-dealkylation sites (tertiary alicyclic amines) is 1. The zero-order valence-electron chi connectivity index (χ0n) is 11.0. The number of carbonyl (C=O) groups is 1. The number of hydrogen-bond donors (Lipinski definition) is 4. The maximum Gasteiger partial charge on any atom is 0.265 e. The topological polar surface area (TPSA) is 108 Å². The zero-order chi connectivity index (χ0) is 14.5. The second-order valence-electron chi connectivity index (χ2n) is 4.74. The van der Waals surface area contributed by atoms with Crippen molar-refractivity contribution in [2.75, 3.05) is 26.2 Å². The summed E-state index contributed by atoms with van der Waals surface area (Å²) in [6.45, 7) is 1.99. The van der Waals surface area contributed by atoms with Crippen LogP contribution in [0.5, 0.6) is 5.75 Å². The molecule has 1 aliphatic heterocycles. The Bertz CT molecular complexity index is 441. The Hall–Kier alpha value is -1.67. The summed E-state index contributed by atoms with van der Waals surface area (Å²) in [6.07, 6.45) is -1.35. The minimum atomic E-state index is -0.677. The molecule has 0 saturated carbocycles. The van der Waals surface area contributed by atoms with Gasteiger partial charge >= 0.3 is 0 Å². The first-order valence-electron chi connectivity index (χ1n) is 6.42. The van der Waals surface area contributed by atoms with E-state index in [1.54, 1.807) is 24.3 Å². The third-order valence-corrected chi connectivity index (χ3v) is 3.26. The molecule has 1 amide bonds. The number of nitrogens with one attached hydrogen (secondary N) is 1. The second-order valence-corrected chi connectivity index (χ2v) is 4.74. The number of nitrogen functional groups attached to an aromatic ring is 1. The van der Waals surface area contributed by atoms with Crippen LogP contribution in [0, 0.1) is 0 Å². The largest absolute Gasteiger partial charge is 0.492 e. The van der Waals surface area contributed by atoms with Crippen LogP contribution < -0.4 is 16.0 Å². The normalized spacial score (nSPS) is 22.8.